The van der Waals surface area contributed by atoms with Gasteiger partial charge in [0.1, 0.15) is 0 Å². The second kappa shape index (κ2) is 6.08. The molecular formula is C16H19N3O3S. The topological polar surface area (TPSA) is 82.3 Å². The highest BCUT2D eigenvalue weighted by molar-refractivity contribution is 7.93. The largest absolute Gasteiger partial charge is 0.367 e. The first-order valence-corrected chi connectivity index (χ1v) is 9.12. The highest BCUT2D eigenvalue weighted by Gasteiger charge is 2.28. The molecule has 1 fully saturated rings. The molecule has 6 nitrogen and oxygen atoms in total. The summed E-state index contributed by atoms with van der Waals surface area (Å²) in [5.74, 6) is 0.0580. The smallest absolute Gasteiger partial charge is 0.253 e. The van der Waals surface area contributed by atoms with Crippen molar-refractivity contribution < 1.29 is 13.2 Å². The predicted octanol–water partition coefficient (Wildman–Crippen LogP) is 2.05. The number of sulfonamides is 1. The third-order valence-corrected chi connectivity index (χ3v) is 5.86. The molecule has 1 aliphatic rings. The number of nitrogens with zero attached hydrogens (tertiary/aromatic N) is 1. The fourth-order valence-electron chi connectivity index (χ4n) is 2.69. The molecule has 122 valence electrons. The van der Waals surface area contributed by atoms with Crippen LogP contribution in [0.3, 0.4) is 0 Å². The van der Waals surface area contributed by atoms with Gasteiger partial charge < -0.3 is 10.3 Å². The van der Waals surface area contributed by atoms with E-state index in [0.717, 1.165) is 5.56 Å². The van der Waals surface area contributed by atoms with Crippen LogP contribution in [0.4, 0.5) is 5.69 Å². The van der Waals surface area contributed by atoms with Gasteiger partial charge in [-0.3, -0.25) is 9.10 Å². The van der Waals surface area contributed by atoms with Crippen LogP contribution >= 0.6 is 0 Å². The number of nitrogens with one attached hydrogen (secondary N) is 2. The first-order chi connectivity index (χ1) is 11.0. The van der Waals surface area contributed by atoms with E-state index in [9.17, 15) is 13.2 Å². The quantitative estimate of drug-likeness (QED) is 0.898. The van der Waals surface area contributed by atoms with Crippen LogP contribution in [0.5, 0.6) is 0 Å². The van der Waals surface area contributed by atoms with Gasteiger partial charge in [-0.1, -0.05) is 12.1 Å². The molecule has 0 saturated carbocycles. The minimum Gasteiger partial charge on any atom is -0.367 e. The summed E-state index contributed by atoms with van der Waals surface area (Å²) in [5, 5.41) is 2.91. The van der Waals surface area contributed by atoms with Crippen molar-refractivity contribution in [3.05, 3.63) is 53.9 Å². The van der Waals surface area contributed by atoms with E-state index in [4.69, 9.17) is 0 Å². The van der Waals surface area contributed by atoms with Crippen molar-refractivity contribution in [3.8, 4) is 0 Å². The van der Waals surface area contributed by atoms with Crippen molar-refractivity contribution in [2.24, 2.45) is 0 Å². The summed E-state index contributed by atoms with van der Waals surface area (Å²) in [5.41, 5.74) is 2.18. The number of carbonyl (C=O) groups excluding carboxylic acids is 1. The molecule has 1 aliphatic heterocycles. The van der Waals surface area contributed by atoms with Gasteiger partial charge in [0.05, 0.1) is 23.0 Å². The zero-order valence-electron chi connectivity index (χ0n) is 12.8. The summed E-state index contributed by atoms with van der Waals surface area (Å²) in [7, 11) is -3.16. The molecule has 1 saturated heterocycles. The number of carbonyl (C=O) groups is 1. The zero-order valence-corrected chi connectivity index (χ0v) is 13.6. The van der Waals surface area contributed by atoms with E-state index in [0.29, 0.717) is 24.2 Å². The molecular weight excluding hydrogens is 314 g/mol. The average Bonchev–Trinajstić information content (AvgIpc) is 3.16. The van der Waals surface area contributed by atoms with Crippen molar-refractivity contribution in [1.82, 2.24) is 10.3 Å². The van der Waals surface area contributed by atoms with Gasteiger partial charge in [0.15, 0.2) is 0 Å². The number of rotatable bonds is 4. The Hall–Kier alpha value is -2.28. The molecule has 2 heterocycles. The molecule has 1 unspecified atom stereocenters. The van der Waals surface area contributed by atoms with Crippen molar-refractivity contribution in [1.29, 1.82) is 0 Å². The second-order valence-corrected chi connectivity index (χ2v) is 7.64. The first kappa shape index (κ1) is 15.6. The zero-order chi connectivity index (χ0) is 16.4. The third kappa shape index (κ3) is 3.24. The summed E-state index contributed by atoms with van der Waals surface area (Å²) in [6.07, 6.45) is 4.00. The van der Waals surface area contributed by atoms with Gasteiger partial charge >= 0.3 is 0 Å². The Bertz CT molecular complexity index is 782. The van der Waals surface area contributed by atoms with Gasteiger partial charge in [0.25, 0.3) is 5.91 Å². The number of hydrogen-bond acceptors (Lipinski definition) is 3. The maximum atomic E-state index is 12.0. The lowest BCUT2D eigenvalue weighted by atomic mass is 10.1. The maximum absolute atomic E-state index is 12.0. The molecule has 0 spiro atoms. The molecule has 7 heteroatoms. The molecule has 2 N–H and O–H groups in total. The molecule has 0 bridgehead atoms. The fourth-order valence-corrected chi connectivity index (χ4v) is 4.25. The Morgan fingerprint density at radius 1 is 1.26 bits per heavy atom. The Morgan fingerprint density at radius 3 is 2.57 bits per heavy atom. The van der Waals surface area contributed by atoms with Crippen LogP contribution in [-0.4, -0.2) is 31.6 Å². The van der Waals surface area contributed by atoms with E-state index in [1.807, 2.05) is 19.1 Å². The van der Waals surface area contributed by atoms with Crippen LogP contribution in [0.2, 0.25) is 0 Å². The highest BCUT2D eigenvalue weighted by atomic mass is 32.2. The van der Waals surface area contributed by atoms with Gasteiger partial charge in [-0.2, -0.15) is 0 Å². The lowest BCUT2D eigenvalue weighted by Gasteiger charge is -2.19. The molecule has 2 aromatic rings. The molecule has 1 aromatic heterocycles. The lowest BCUT2D eigenvalue weighted by Crippen LogP contribution is -2.27. The lowest BCUT2D eigenvalue weighted by molar-refractivity contribution is 0.0940. The van der Waals surface area contributed by atoms with E-state index in [-0.39, 0.29) is 17.7 Å². The molecule has 1 aromatic carbocycles. The summed E-state index contributed by atoms with van der Waals surface area (Å²) in [6, 6.07) is 8.83. The second-order valence-electron chi connectivity index (χ2n) is 5.63. The van der Waals surface area contributed by atoms with Gasteiger partial charge in [-0.05, 0) is 37.1 Å². The number of amides is 1. The highest BCUT2D eigenvalue weighted by Crippen LogP contribution is 2.25. The summed E-state index contributed by atoms with van der Waals surface area (Å²) in [4.78, 5) is 14.9. The van der Waals surface area contributed by atoms with E-state index in [1.165, 1.54) is 4.31 Å². The summed E-state index contributed by atoms with van der Waals surface area (Å²) in [6.45, 7) is 2.42. The Labute approximate surface area is 135 Å². The van der Waals surface area contributed by atoms with Crippen molar-refractivity contribution in [2.45, 2.75) is 19.4 Å². The summed E-state index contributed by atoms with van der Waals surface area (Å²) < 4.78 is 25.3. The van der Waals surface area contributed by atoms with Gasteiger partial charge in [-0.15, -0.1) is 0 Å². The molecule has 3 rings (SSSR count). The Morgan fingerprint density at radius 2 is 2.00 bits per heavy atom. The molecule has 0 radical (unpaired) electrons. The minimum atomic E-state index is -3.16. The monoisotopic (exact) mass is 333 g/mol. The molecule has 1 atom stereocenters. The average molecular weight is 333 g/mol. The number of anilines is 1. The molecule has 1 amide bonds. The van der Waals surface area contributed by atoms with Crippen LogP contribution in [0, 0.1) is 0 Å². The number of aromatic nitrogens is 1. The summed E-state index contributed by atoms with van der Waals surface area (Å²) >= 11 is 0. The van der Waals surface area contributed by atoms with Crippen LogP contribution in [-0.2, 0) is 10.0 Å². The number of aromatic amines is 1. The SMILES string of the molecule is CC(NC(=O)c1cc[nH]c1)c1ccc(N2CCCS2(=O)=O)cc1. The third-order valence-electron chi connectivity index (χ3n) is 3.99. The maximum Gasteiger partial charge on any atom is 0.253 e. The fraction of sp³-hybridized carbons (Fsp3) is 0.312. The van der Waals surface area contributed by atoms with E-state index in [1.54, 1.807) is 30.6 Å². The first-order valence-electron chi connectivity index (χ1n) is 7.51. The standard InChI is InChI=1S/C16H19N3O3S/c1-12(18-16(20)14-7-8-17-11-14)13-3-5-15(6-4-13)19-9-2-10-23(19,21)22/h3-8,11-12,17H,2,9-10H2,1H3,(H,18,20). The van der Waals surface area contributed by atoms with Crippen LogP contribution in [0.25, 0.3) is 0 Å². The number of benzene rings is 1. The number of H-pyrrole nitrogens is 1. The molecule has 23 heavy (non-hydrogen) atoms. The normalized spacial score (nSPS) is 17.9. The molecule has 0 aliphatic carbocycles. The number of hydrogen-bond donors (Lipinski definition) is 2. The van der Waals surface area contributed by atoms with Crippen LogP contribution in [0.1, 0.15) is 35.3 Å². The minimum absolute atomic E-state index is 0.148. The van der Waals surface area contributed by atoms with Gasteiger partial charge in [-0.25, -0.2) is 8.42 Å². The van der Waals surface area contributed by atoms with E-state index >= 15 is 0 Å². The van der Waals surface area contributed by atoms with Crippen LogP contribution in [0.15, 0.2) is 42.7 Å². The van der Waals surface area contributed by atoms with Crippen LogP contribution < -0.4 is 9.62 Å². The predicted molar refractivity (Wildman–Crippen MR) is 88.9 cm³/mol. The Kier molecular flexibility index (Phi) is 4.12. The van der Waals surface area contributed by atoms with Crippen molar-refractivity contribution >= 4 is 21.6 Å². The Balaban J connectivity index is 1.71. The van der Waals surface area contributed by atoms with Gasteiger partial charge in [0, 0.05) is 18.9 Å². The van der Waals surface area contributed by atoms with Gasteiger partial charge in [0.2, 0.25) is 10.0 Å². The van der Waals surface area contributed by atoms with Crippen molar-refractivity contribution in [2.75, 3.05) is 16.6 Å². The van der Waals surface area contributed by atoms with E-state index in [2.05, 4.69) is 10.3 Å². The van der Waals surface area contributed by atoms with Crippen molar-refractivity contribution in [3.63, 3.8) is 0 Å². The van der Waals surface area contributed by atoms with E-state index < -0.39 is 10.0 Å².